The van der Waals surface area contributed by atoms with Crippen LogP contribution in [-0.2, 0) is 15.6 Å². The van der Waals surface area contributed by atoms with E-state index in [1.54, 1.807) is 6.08 Å². The van der Waals surface area contributed by atoms with Crippen LogP contribution in [-0.4, -0.2) is 18.1 Å². The van der Waals surface area contributed by atoms with Crippen LogP contribution in [0.3, 0.4) is 0 Å². The van der Waals surface area contributed by atoms with Crippen molar-refractivity contribution in [3.63, 3.8) is 0 Å². The first-order valence-corrected chi connectivity index (χ1v) is 9.92. The van der Waals surface area contributed by atoms with Gasteiger partial charge in [0.05, 0.1) is 0 Å². The number of carboxylic acid groups (broad SMARTS) is 1. The Bertz CT molecular complexity index is 920. The van der Waals surface area contributed by atoms with Crippen molar-refractivity contribution >= 4 is 23.4 Å². The summed E-state index contributed by atoms with van der Waals surface area (Å²) >= 11 is 0. The Morgan fingerprint density at radius 2 is 1.54 bits per heavy atom. The van der Waals surface area contributed by atoms with Gasteiger partial charge in [-0.25, -0.2) is 4.79 Å². The largest absolute Gasteiger partial charge is 0.478 e. The first kappa shape index (κ1) is 20.2. The number of nitrogens with zero attached hydrogens (tertiary/aromatic N) is 1. The molecule has 0 aliphatic heterocycles. The van der Waals surface area contributed by atoms with Crippen LogP contribution in [0.15, 0.2) is 42.5 Å². The first-order chi connectivity index (χ1) is 13.0. The summed E-state index contributed by atoms with van der Waals surface area (Å²) in [6, 6.07) is 12.7. The lowest BCUT2D eigenvalue weighted by molar-refractivity contribution is -0.131. The number of hydrogen-bond acceptors (Lipinski definition) is 2. The standard InChI is InChI=1S/C25H31NO2/c1-17-15-20-21(25(4,5)14-13-24(20,2)3)16-22(17)26(6)19-10-7-18(8-11-19)9-12-23(27)28/h7-12,15-16H,13-14H2,1-6H3,(H,27,28)/b12-9+. The van der Waals surface area contributed by atoms with Crippen LogP contribution < -0.4 is 4.90 Å². The molecular weight excluding hydrogens is 346 g/mol. The highest BCUT2D eigenvalue weighted by molar-refractivity contribution is 5.85. The maximum absolute atomic E-state index is 10.7. The summed E-state index contributed by atoms with van der Waals surface area (Å²) in [4.78, 5) is 12.9. The molecule has 28 heavy (non-hydrogen) atoms. The zero-order chi connectivity index (χ0) is 20.7. The molecule has 0 fully saturated rings. The van der Waals surface area contributed by atoms with Crippen LogP contribution in [0.2, 0.25) is 0 Å². The third-order valence-electron chi connectivity index (χ3n) is 6.23. The highest BCUT2D eigenvalue weighted by Crippen LogP contribution is 2.48. The molecule has 1 aliphatic rings. The molecular formula is C25H31NO2. The first-order valence-electron chi connectivity index (χ1n) is 9.92. The molecule has 2 aromatic rings. The van der Waals surface area contributed by atoms with E-state index in [2.05, 4.69) is 58.7 Å². The fourth-order valence-corrected chi connectivity index (χ4v) is 4.19. The molecule has 0 saturated heterocycles. The lowest BCUT2D eigenvalue weighted by Crippen LogP contribution is -2.34. The van der Waals surface area contributed by atoms with Crippen LogP contribution in [0.25, 0.3) is 6.08 Å². The normalized spacial score (nSPS) is 17.4. The van der Waals surface area contributed by atoms with Gasteiger partial charge in [-0.2, -0.15) is 0 Å². The molecule has 0 bridgehead atoms. The number of aryl methyl sites for hydroxylation is 1. The van der Waals surface area contributed by atoms with Gasteiger partial charge in [0.25, 0.3) is 0 Å². The van der Waals surface area contributed by atoms with E-state index in [0.717, 1.165) is 17.3 Å². The van der Waals surface area contributed by atoms with E-state index in [-0.39, 0.29) is 10.8 Å². The van der Waals surface area contributed by atoms with Crippen LogP contribution in [0.5, 0.6) is 0 Å². The fourth-order valence-electron chi connectivity index (χ4n) is 4.19. The average molecular weight is 378 g/mol. The van der Waals surface area contributed by atoms with Gasteiger partial charge >= 0.3 is 5.97 Å². The van der Waals surface area contributed by atoms with Crippen molar-refractivity contribution in [2.24, 2.45) is 0 Å². The van der Waals surface area contributed by atoms with Gasteiger partial charge in [0.1, 0.15) is 0 Å². The van der Waals surface area contributed by atoms with Crippen molar-refractivity contribution < 1.29 is 9.90 Å². The summed E-state index contributed by atoms with van der Waals surface area (Å²) in [7, 11) is 2.10. The lowest BCUT2D eigenvalue weighted by atomic mass is 9.63. The molecule has 3 rings (SSSR count). The Morgan fingerprint density at radius 1 is 1.00 bits per heavy atom. The molecule has 0 heterocycles. The summed E-state index contributed by atoms with van der Waals surface area (Å²) in [5, 5.41) is 8.78. The van der Waals surface area contributed by atoms with E-state index in [1.165, 1.54) is 35.2 Å². The summed E-state index contributed by atoms with van der Waals surface area (Å²) in [6.45, 7) is 11.6. The molecule has 0 atom stereocenters. The second kappa shape index (κ2) is 7.12. The third-order valence-corrected chi connectivity index (χ3v) is 6.23. The Kier molecular flexibility index (Phi) is 5.14. The fraction of sp³-hybridized carbons (Fsp3) is 0.400. The third kappa shape index (κ3) is 3.84. The van der Waals surface area contributed by atoms with Crippen molar-refractivity contribution in [2.45, 2.75) is 58.3 Å². The molecule has 0 unspecified atom stereocenters. The molecule has 3 heteroatoms. The average Bonchev–Trinajstić information content (AvgIpc) is 2.63. The molecule has 3 nitrogen and oxygen atoms in total. The molecule has 1 N–H and O–H groups in total. The predicted octanol–water partition coefficient (Wildman–Crippen LogP) is 6.21. The second-order valence-corrected chi connectivity index (χ2v) is 9.27. The monoisotopic (exact) mass is 377 g/mol. The van der Waals surface area contributed by atoms with Crippen molar-refractivity contribution in [2.75, 3.05) is 11.9 Å². The zero-order valence-electron chi connectivity index (χ0n) is 17.8. The van der Waals surface area contributed by atoms with Gasteiger partial charge in [0.15, 0.2) is 0 Å². The number of aliphatic carboxylic acids is 1. The Hall–Kier alpha value is -2.55. The van der Waals surface area contributed by atoms with E-state index in [4.69, 9.17) is 5.11 Å². The topological polar surface area (TPSA) is 40.5 Å². The van der Waals surface area contributed by atoms with E-state index in [9.17, 15) is 4.79 Å². The quantitative estimate of drug-likeness (QED) is 0.644. The van der Waals surface area contributed by atoms with Gasteiger partial charge in [-0.1, -0.05) is 45.9 Å². The van der Waals surface area contributed by atoms with E-state index in [1.807, 2.05) is 24.3 Å². The van der Waals surface area contributed by atoms with Gasteiger partial charge in [-0.15, -0.1) is 0 Å². The van der Waals surface area contributed by atoms with Gasteiger partial charge in [-0.3, -0.25) is 0 Å². The van der Waals surface area contributed by atoms with Gasteiger partial charge in [0.2, 0.25) is 0 Å². The van der Waals surface area contributed by atoms with Crippen LogP contribution in [0, 0.1) is 6.92 Å². The van der Waals surface area contributed by atoms with E-state index >= 15 is 0 Å². The van der Waals surface area contributed by atoms with Gasteiger partial charge in [-0.05, 0) is 77.1 Å². The summed E-state index contributed by atoms with van der Waals surface area (Å²) in [5.74, 6) is -0.934. The highest BCUT2D eigenvalue weighted by atomic mass is 16.4. The van der Waals surface area contributed by atoms with Gasteiger partial charge < -0.3 is 10.0 Å². The molecule has 0 saturated carbocycles. The SMILES string of the molecule is Cc1cc2c(cc1N(C)c1ccc(/C=C/C(=O)O)cc1)C(C)(C)CCC2(C)C. The minimum atomic E-state index is -0.934. The summed E-state index contributed by atoms with van der Waals surface area (Å²) < 4.78 is 0. The molecule has 0 spiro atoms. The van der Waals surface area contributed by atoms with Crippen molar-refractivity contribution in [3.8, 4) is 0 Å². The molecule has 148 valence electrons. The predicted molar refractivity (Wildman–Crippen MR) is 118 cm³/mol. The second-order valence-electron chi connectivity index (χ2n) is 9.27. The lowest BCUT2D eigenvalue weighted by Gasteiger charge is -2.43. The molecule has 2 aromatic carbocycles. The number of anilines is 2. The maximum atomic E-state index is 10.7. The number of fused-ring (bicyclic) bond motifs is 1. The Balaban J connectivity index is 1.99. The summed E-state index contributed by atoms with van der Waals surface area (Å²) in [5.41, 5.74) is 7.79. The number of carbonyl (C=O) groups is 1. The molecule has 0 aromatic heterocycles. The van der Waals surface area contributed by atoms with Crippen molar-refractivity contribution in [3.05, 3.63) is 64.7 Å². The van der Waals surface area contributed by atoms with Crippen LogP contribution in [0.4, 0.5) is 11.4 Å². The van der Waals surface area contributed by atoms with Crippen LogP contribution >= 0.6 is 0 Å². The molecule has 0 radical (unpaired) electrons. The van der Waals surface area contributed by atoms with Crippen molar-refractivity contribution in [1.29, 1.82) is 0 Å². The number of benzene rings is 2. The Morgan fingerprint density at radius 3 is 2.07 bits per heavy atom. The number of hydrogen-bond donors (Lipinski definition) is 1. The number of carboxylic acids is 1. The highest BCUT2D eigenvalue weighted by Gasteiger charge is 2.37. The molecule has 0 amide bonds. The zero-order valence-corrected chi connectivity index (χ0v) is 17.8. The molecule has 1 aliphatic carbocycles. The van der Waals surface area contributed by atoms with Gasteiger partial charge in [0, 0.05) is 24.5 Å². The van der Waals surface area contributed by atoms with Crippen molar-refractivity contribution in [1.82, 2.24) is 0 Å². The van der Waals surface area contributed by atoms with Crippen LogP contribution in [0.1, 0.15) is 62.8 Å². The van der Waals surface area contributed by atoms with E-state index < -0.39 is 5.97 Å². The Labute approximate surface area is 168 Å². The number of rotatable bonds is 4. The summed E-state index contributed by atoms with van der Waals surface area (Å²) in [6.07, 6.45) is 5.19. The maximum Gasteiger partial charge on any atom is 0.328 e. The minimum Gasteiger partial charge on any atom is -0.478 e. The van der Waals surface area contributed by atoms with E-state index in [0.29, 0.717) is 0 Å². The smallest absolute Gasteiger partial charge is 0.328 e. The minimum absolute atomic E-state index is 0.180.